The third-order valence-electron chi connectivity index (χ3n) is 2.32. The number of halogens is 1. The topological polar surface area (TPSA) is 33.0 Å². The van der Waals surface area contributed by atoms with E-state index in [1.54, 1.807) is 36.4 Å². The van der Waals surface area contributed by atoms with Crippen LogP contribution in [0.25, 0.3) is 0 Å². The molecule has 0 bridgehead atoms. The molecule has 0 fully saturated rings. The molecule has 84 valence electrons. The molecule has 0 saturated heterocycles. The first kappa shape index (κ1) is 11.2. The summed E-state index contributed by atoms with van der Waals surface area (Å²) in [5.74, 6) is 0.269. The van der Waals surface area contributed by atoms with Crippen molar-refractivity contribution < 1.29 is 9.13 Å². The quantitative estimate of drug-likeness (QED) is 0.806. The minimum absolute atomic E-state index is 0.272. The van der Waals surface area contributed by atoms with Crippen molar-refractivity contribution in [2.75, 3.05) is 0 Å². The Morgan fingerprint density at radius 1 is 1.06 bits per heavy atom. The Bertz CT molecular complexity index is 543. The van der Waals surface area contributed by atoms with E-state index in [1.807, 2.05) is 0 Å². The Balaban J connectivity index is 2.08. The van der Waals surface area contributed by atoms with Crippen LogP contribution in [0, 0.1) is 17.1 Å². The normalized spacial score (nSPS) is 9.65. The van der Waals surface area contributed by atoms with Crippen LogP contribution >= 0.6 is 0 Å². The van der Waals surface area contributed by atoms with Crippen LogP contribution in [-0.4, -0.2) is 0 Å². The van der Waals surface area contributed by atoms with E-state index in [-0.39, 0.29) is 5.82 Å². The minimum atomic E-state index is -0.272. The van der Waals surface area contributed by atoms with E-state index in [4.69, 9.17) is 10.00 Å². The zero-order valence-electron chi connectivity index (χ0n) is 9.06. The average molecular weight is 227 g/mol. The van der Waals surface area contributed by atoms with Gasteiger partial charge >= 0.3 is 0 Å². The molecule has 2 aromatic carbocycles. The van der Waals surface area contributed by atoms with Gasteiger partial charge in [0.25, 0.3) is 0 Å². The number of nitrogens with zero attached hydrogens (tertiary/aromatic N) is 1. The summed E-state index contributed by atoms with van der Waals surface area (Å²) in [6.07, 6.45) is 0. The molecule has 2 rings (SSSR count). The second kappa shape index (κ2) is 5.13. The molecule has 2 nitrogen and oxygen atoms in total. The monoisotopic (exact) mass is 227 g/mol. The third-order valence-corrected chi connectivity index (χ3v) is 2.32. The summed E-state index contributed by atoms with van der Waals surface area (Å²) in [5.41, 5.74) is 1.36. The highest BCUT2D eigenvalue weighted by molar-refractivity contribution is 5.42. The zero-order valence-corrected chi connectivity index (χ0v) is 9.06. The van der Waals surface area contributed by atoms with Crippen molar-refractivity contribution in [1.29, 1.82) is 5.26 Å². The van der Waals surface area contributed by atoms with Gasteiger partial charge in [-0.3, -0.25) is 0 Å². The van der Waals surface area contributed by atoms with Gasteiger partial charge in [0.2, 0.25) is 0 Å². The summed E-state index contributed by atoms with van der Waals surface area (Å²) in [6, 6.07) is 15.2. The lowest BCUT2D eigenvalue weighted by molar-refractivity contribution is 0.305. The molecule has 0 unspecified atom stereocenters. The Labute approximate surface area is 98.9 Å². The highest BCUT2D eigenvalue weighted by atomic mass is 19.1. The van der Waals surface area contributed by atoms with Gasteiger partial charge < -0.3 is 4.74 Å². The van der Waals surface area contributed by atoms with E-state index < -0.39 is 0 Å². The van der Waals surface area contributed by atoms with Crippen LogP contribution in [0.15, 0.2) is 48.5 Å². The van der Waals surface area contributed by atoms with E-state index in [0.29, 0.717) is 17.9 Å². The maximum absolute atomic E-state index is 12.7. The number of rotatable bonds is 3. The summed E-state index contributed by atoms with van der Waals surface area (Å²) in [7, 11) is 0. The van der Waals surface area contributed by atoms with Gasteiger partial charge in [-0.15, -0.1) is 0 Å². The lowest BCUT2D eigenvalue weighted by Crippen LogP contribution is -1.97. The van der Waals surface area contributed by atoms with Gasteiger partial charge in [0.15, 0.2) is 0 Å². The molecule has 0 aliphatic rings. The number of nitriles is 1. The first-order chi connectivity index (χ1) is 8.29. The largest absolute Gasteiger partial charge is 0.488 e. The van der Waals surface area contributed by atoms with E-state index >= 15 is 0 Å². The van der Waals surface area contributed by atoms with Gasteiger partial charge in [-0.1, -0.05) is 24.3 Å². The Morgan fingerprint density at radius 2 is 1.76 bits per heavy atom. The van der Waals surface area contributed by atoms with E-state index in [9.17, 15) is 4.39 Å². The molecule has 2 aromatic rings. The van der Waals surface area contributed by atoms with Crippen LogP contribution in [0.5, 0.6) is 5.75 Å². The standard InChI is InChI=1S/C14H10FNO/c15-13-7-5-11(6-8-13)10-17-14-4-2-1-3-12(14)9-16/h1-8H,10H2. The Morgan fingerprint density at radius 3 is 2.47 bits per heavy atom. The second-order valence-electron chi connectivity index (χ2n) is 3.52. The van der Waals surface area contributed by atoms with Crippen LogP contribution in [0.3, 0.4) is 0 Å². The smallest absolute Gasteiger partial charge is 0.137 e. The van der Waals surface area contributed by atoms with Crippen molar-refractivity contribution in [3.63, 3.8) is 0 Å². The maximum Gasteiger partial charge on any atom is 0.137 e. The van der Waals surface area contributed by atoms with Gasteiger partial charge in [-0.25, -0.2) is 4.39 Å². The zero-order chi connectivity index (χ0) is 12.1. The van der Waals surface area contributed by atoms with Crippen molar-refractivity contribution >= 4 is 0 Å². The molecule has 0 radical (unpaired) electrons. The van der Waals surface area contributed by atoms with Crippen LogP contribution in [0.1, 0.15) is 11.1 Å². The van der Waals surface area contributed by atoms with Gasteiger partial charge in [-0.05, 0) is 29.8 Å². The second-order valence-corrected chi connectivity index (χ2v) is 3.52. The van der Waals surface area contributed by atoms with Crippen LogP contribution < -0.4 is 4.74 Å². The van der Waals surface area contributed by atoms with Crippen molar-refractivity contribution in [3.05, 3.63) is 65.5 Å². The van der Waals surface area contributed by atoms with Crippen molar-refractivity contribution in [1.82, 2.24) is 0 Å². The molecule has 0 saturated carbocycles. The van der Waals surface area contributed by atoms with Crippen LogP contribution in [-0.2, 0) is 6.61 Å². The first-order valence-corrected chi connectivity index (χ1v) is 5.16. The minimum Gasteiger partial charge on any atom is -0.488 e. The molecular formula is C14H10FNO. The predicted molar refractivity (Wildman–Crippen MR) is 61.9 cm³/mol. The summed E-state index contributed by atoms with van der Waals surface area (Å²) in [5, 5.41) is 8.87. The summed E-state index contributed by atoms with van der Waals surface area (Å²) in [6.45, 7) is 0.318. The molecule has 17 heavy (non-hydrogen) atoms. The van der Waals surface area contributed by atoms with Crippen molar-refractivity contribution in [2.45, 2.75) is 6.61 Å². The van der Waals surface area contributed by atoms with Gasteiger partial charge in [0, 0.05) is 0 Å². The fraction of sp³-hybridized carbons (Fsp3) is 0.0714. The van der Waals surface area contributed by atoms with Crippen molar-refractivity contribution in [3.8, 4) is 11.8 Å². The predicted octanol–water partition coefficient (Wildman–Crippen LogP) is 3.28. The third kappa shape index (κ3) is 2.82. The number of ether oxygens (including phenoxy) is 1. The van der Waals surface area contributed by atoms with Crippen LogP contribution in [0.2, 0.25) is 0 Å². The molecule has 0 aliphatic carbocycles. The van der Waals surface area contributed by atoms with Gasteiger partial charge in [0.05, 0.1) is 5.56 Å². The molecule has 0 spiro atoms. The molecular weight excluding hydrogens is 217 g/mol. The lowest BCUT2D eigenvalue weighted by atomic mass is 10.2. The molecule has 0 amide bonds. The summed E-state index contributed by atoms with van der Waals surface area (Å²) < 4.78 is 18.2. The fourth-order valence-electron chi connectivity index (χ4n) is 1.43. The lowest BCUT2D eigenvalue weighted by Gasteiger charge is -2.07. The highest BCUT2D eigenvalue weighted by Crippen LogP contribution is 2.18. The van der Waals surface area contributed by atoms with E-state index in [1.165, 1.54) is 12.1 Å². The van der Waals surface area contributed by atoms with E-state index in [0.717, 1.165) is 5.56 Å². The molecule has 0 aliphatic heterocycles. The number of para-hydroxylation sites is 1. The van der Waals surface area contributed by atoms with Gasteiger partial charge in [0.1, 0.15) is 24.2 Å². The molecule has 0 heterocycles. The molecule has 0 N–H and O–H groups in total. The maximum atomic E-state index is 12.7. The number of hydrogen-bond donors (Lipinski definition) is 0. The van der Waals surface area contributed by atoms with Crippen LogP contribution in [0.4, 0.5) is 4.39 Å². The highest BCUT2D eigenvalue weighted by Gasteiger charge is 2.02. The summed E-state index contributed by atoms with van der Waals surface area (Å²) >= 11 is 0. The van der Waals surface area contributed by atoms with Gasteiger partial charge in [-0.2, -0.15) is 5.26 Å². The molecule has 0 aromatic heterocycles. The number of benzene rings is 2. The molecule has 0 atom stereocenters. The van der Waals surface area contributed by atoms with E-state index in [2.05, 4.69) is 6.07 Å². The average Bonchev–Trinajstić information content (AvgIpc) is 2.38. The summed E-state index contributed by atoms with van der Waals surface area (Å²) in [4.78, 5) is 0. The SMILES string of the molecule is N#Cc1ccccc1OCc1ccc(F)cc1. The van der Waals surface area contributed by atoms with Crippen molar-refractivity contribution in [2.24, 2.45) is 0 Å². The Hall–Kier alpha value is -2.34. The number of hydrogen-bond acceptors (Lipinski definition) is 2. The molecule has 3 heteroatoms. The fourth-order valence-corrected chi connectivity index (χ4v) is 1.43. The Kier molecular flexibility index (Phi) is 3.37. The first-order valence-electron chi connectivity index (χ1n) is 5.16.